The molecule has 0 saturated carbocycles. The highest BCUT2D eigenvalue weighted by atomic mass is 16.5. The molecule has 0 saturated heterocycles. The van der Waals surface area contributed by atoms with E-state index in [1.165, 1.54) is 0 Å². The Morgan fingerprint density at radius 3 is 2.30 bits per heavy atom. The van der Waals surface area contributed by atoms with E-state index < -0.39 is 0 Å². The van der Waals surface area contributed by atoms with Crippen molar-refractivity contribution in [2.75, 3.05) is 7.11 Å². The van der Waals surface area contributed by atoms with Gasteiger partial charge in [-0.15, -0.1) is 0 Å². The van der Waals surface area contributed by atoms with Crippen molar-refractivity contribution in [2.24, 2.45) is 11.7 Å². The van der Waals surface area contributed by atoms with E-state index >= 15 is 0 Å². The van der Waals surface area contributed by atoms with Crippen molar-refractivity contribution in [3.8, 4) is 0 Å². The fraction of sp³-hybridized carbons (Fsp3) is 0.857. The average molecular weight is 145 g/mol. The smallest absolute Gasteiger partial charge is 0.222 e. The maximum atomic E-state index is 10.6. The first-order chi connectivity index (χ1) is 4.63. The van der Waals surface area contributed by atoms with E-state index in [1.807, 2.05) is 6.92 Å². The molecule has 0 fully saturated rings. The lowest BCUT2D eigenvalue weighted by atomic mass is 10.0. The minimum Gasteiger partial charge on any atom is -0.381 e. The maximum Gasteiger partial charge on any atom is 0.222 e. The first-order valence-electron chi connectivity index (χ1n) is 3.45. The molecule has 3 nitrogen and oxygen atoms in total. The van der Waals surface area contributed by atoms with Crippen LogP contribution in [0.4, 0.5) is 0 Å². The average Bonchev–Trinajstić information content (AvgIpc) is 1.90. The first-order valence-corrected chi connectivity index (χ1v) is 3.45. The second kappa shape index (κ2) is 4.28. The van der Waals surface area contributed by atoms with Gasteiger partial charge in [-0.2, -0.15) is 0 Å². The molecule has 0 aromatic rings. The second-order valence-electron chi connectivity index (χ2n) is 2.37. The van der Waals surface area contributed by atoms with Gasteiger partial charge in [0.15, 0.2) is 0 Å². The van der Waals surface area contributed by atoms with Crippen LogP contribution in [-0.2, 0) is 9.53 Å². The molecule has 0 aromatic carbocycles. The number of methoxy groups -OCH3 is 1. The summed E-state index contributed by atoms with van der Waals surface area (Å²) < 4.78 is 5.02. The molecular weight excluding hydrogens is 130 g/mol. The third-order valence-electron chi connectivity index (χ3n) is 1.71. The number of hydrogen-bond donors (Lipinski definition) is 1. The Balaban J connectivity index is 3.88. The summed E-state index contributed by atoms with van der Waals surface area (Å²) in [6.45, 7) is 3.74. The van der Waals surface area contributed by atoms with Gasteiger partial charge in [-0.3, -0.25) is 4.79 Å². The topological polar surface area (TPSA) is 52.3 Å². The third kappa shape index (κ3) is 2.35. The molecule has 0 spiro atoms. The van der Waals surface area contributed by atoms with E-state index in [9.17, 15) is 4.79 Å². The number of hydrogen-bond acceptors (Lipinski definition) is 2. The Bertz CT molecular complexity index is 110. The molecule has 2 atom stereocenters. The van der Waals surface area contributed by atoms with Gasteiger partial charge < -0.3 is 10.5 Å². The van der Waals surface area contributed by atoms with Gasteiger partial charge in [-0.05, 0) is 6.42 Å². The largest absolute Gasteiger partial charge is 0.381 e. The normalized spacial score (nSPS) is 16.3. The summed E-state index contributed by atoms with van der Waals surface area (Å²) in [6, 6.07) is 0. The van der Waals surface area contributed by atoms with E-state index in [0.717, 1.165) is 6.42 Å². The monoisotopic (exact) mass is 145 g/mol. The summed E-state index contributed by atoms with van der Waals surface area (Å²) >= 11 is 0. The molecule has 10 heavy (non-hydrogen) atoms. The predicted molar refractivity (Wildman–Crippen MR) is 39.4 cm³/mol. The number of primary amides is 1. The summed E-state index contributed by atoms with van der Waals surface area (Å²) in [6.07, 6.45) is 0.790. The van der Waals surface area contributed by atoms with Crippen LogP contribution in [0.1, 0.15) is 20.3 Å². The van der Waals surface area contributed by atoms with Gasteiger partial charge in [0, 0.05) is 7.11 Å². The van der Waals surface area contributed by atoms with Crippen LogP contribution in [0, 0.1) is 5.92 Å². The summed E-state index contributed by atoms with van der Waals surface area (Å²) in [5.74, 6) is -0.483. The van der Waals surface area contributed by atoms with E-state index in [4.69, 9.17) is 10.5 Å². The van der Waals surface area contributed by atoms with Crippen molar-refractivity contribution in [2.45, 2.75) is 26.4 Å². The highest BCUT2D eigenvalue weighted by molar-refractivity contribution is 5.76. The summed E-state index contributed by atoms with van der Waals surface area (Å²) in [5, 5.41) is 0. The lowest BCUT2D eigenvalue weighted by molar-refractivity contribution is -0.125. The molecule has 2 unspecified atom stereocenters. The van der Waals surface area contributed by atoms with Crippen LogP contribution in [-0.4, -0.2) is 19.1 Å². The van der Waals surface area contributed by atoms with Gasteiger partial charge in [0.05, 0.1) is 12.0 Å². The van der Waals surface area contributed by atoms with Crippen LogP contribution in [0.3, 0.4) is 0 Å². The predicted octanol–water partition coefficient (Wildman–Crippen LogP) is 0.533. The third-order valence-corrected chi connectivity index (χ3v) is 1.71. The molecular formula is C7H15NO2. The number of amides is 1. The minimum atomic E-state index is -0.297. The van der Waals surface area contributed by atoms with Crippen LogP contribution in [0.5, 0.6) is 0 Å². The molecule has 0 aromatic heterocycles. The van der Waals surface area contributed by atoms with Crippen LogP contribution in [0.15, 0.2) is 0 Å². The SMILES string of the molecule is CCC(OC)C(C)C(N)=O. The zero-order valence-electron chi connectivity index (χ0n) is 6.76. The standard InChI is InChI=1S/C7H15NO2/c1-4-6(10-3)5(2)7(8)9/h5-6H,4H2,1-3H3,(H2,8,9). The molecule has 0 bridgehead atoms. The fourth-order valence-corrected chi connectivity index (χ4v) is 0.908. The first kappa shape index (κ1) is 9.43. The van der Waals surface area contributed by atoms with Crippen molar-refractivity contribution in [3.63, 3.8) is 0 Å². The molecule has 0 heterocycles. The van der Waals surface area contributed by atoms with Crippen LogP contribution < -0.4 is 5.73 Å². The summed E-state index contributed by atoms with van der Waals surface area (Å²) in [7, 11) is 1.59. The Labute approximate surface area is 61.5 Å². The zero-order chi connectivity index (χ0) is 8.15. The number of carbonyl (C=O) groups is 1. The molecule has 0 aliphatic carbocycles. The molecule has 3 heteroatoms. The van der Waals surface area contributed by atoms with Gasteiger partial charge in [0.1, 0.15) is 0 Å². The molecule has 2 N–H and O–H groups in total. The summed E-state index contributed by atoms with van der Waals surface area (Å²) in [4.78, 5) is 10.6. The Morgan fingerprint density at radius 1 is 1.70 bits per heavy atom. The van der Waals surface area contributed by atoms with Gasteiger partial charge in [0.25, 0.3) is 0 Å². The Morgan fingerprint density at radius 2 is 2.20 bits per heavy atom. The molecule has 0 radical (unpaired) electrons. The van der Waals surface area contributed by atoms with E-state index in [-0.39, 0.29) is 17.9 Å². The van der Waals surface area contributed by atoms with E-state index in [2.05, 4.69) is 0 Å². The van der Waals surface area contributed by atoms with Crippen LogP contribution in [0.2, 0.25) is 0 Å². The minimum absolute atomic E-state index is 0.0301. The Hall–Kier alpha value is -0.570. The highest BCUT2D eigenvalue weighted by Crippen LogP contribution is 2.08. The molecule has 0 rings (SSSR count). The zero-order valence-corrected chi connectivity index (χ0v) is 6.76. The number of rotatable bonds is 4. The van der Waals surface area contributed by atoms with E-state index in [0.29, 0.717) is 0 Å². The van der Waals surface area contributed by atoms with Crippen molar-refractivity contribution >= 4 is 5.91 Å². The van der Waals surface area contributed by atoms with Gasteiger partial charge in [0.2, 0.25) is 5.91 Å². The van der Waals surface area contributed by atoms with Crippen molar-refractivity contribution < 1.29 is 9.53 Å². The van der Waals surface area contributed by atoms with Gasteiger partial charge in [-0.1, -0.05) is 13.8 Å². The number of ether oxygens (including phenoxy) is 1. The van der Waals surface area contributed by atoms with Crippen LogP contribution in [0.25, 0.3) is 0 Å². The van der Waals surface area contributed by atoms with E-state index in [1.54, 1.807) is 14.0 Å². The molecule has 0 aliphatic rings. The molecule has 1 amide bonds. The summed E-state index contributed by atoms with van der Waals surface area (Å²) in [5.41, 5.74) is 5.07. The van der Waals surface area contributed by atoms with Gasteiger partial charge in [-0.25, -0.2) is 0 Å². The number of nitrogens with two attached hydrogens (primary N) is 1. The van der Waals surface area contributed by atoms with Crippen molar-refractivity contribution in [1.29, 1.82) is 0 Å². The second-order valence-corrected chi connectivity index (χ2v) is 2.37. The maximum absolute atomic E-state index is 10.6. The lowest BCUT2D eigenvalue weighted by Gasteiger charge is -2.17. The fourth-order valence-electron chi connectivity index (χ4n) is 0.908. The van der Waals surface area contributed by atoms with Crippen molar-refractivity contribution in [3.05, 3.63) is 0 Å². The van der Waals surface area contributed by atoms with Gasteiger partial charge >= 0.3 is 0 Å². The Kier molecular flexibility index (Phi) is 4.03. The van der Waals surface area contributed by atoms with Crippen molar-refractivity contribution in [1.82, 2.24) is 0 Å². The highest BCUT2D eigenvalue weighted by Gasteiger charge is 2.18. The quantitative estimate of drug-likeness (QED) is 0.627. The molecule has 0 aliphatic heterocycles. The number of carbonyl (C=O) groups excluding carboxylic acids is 1. The lowest BCUT2D eigenvalue weighted by Crippen LogP contribution is -2.31. The van der Waals surface area contributed by atoms with Crippen LogP contribution >= 0.6 is 0 Å². The molecule has 60 valence electrons.